The predicted molar refractivity (Wildman–Crippen MR) is 87.7 cm³/mol. The molecule has 3 heterocycles. The van der Waals surface area contributed by atoms with Crippen LogP contribution in [0, 0.1) is 6.92 Å². The number of rotatable bonds is 6. The minimum Gasteiger partial charge on any atom is -0.462 e. The number of ether oxygens (including phenoxy) is 3. The molecule has 0 spiro atoms. The van der Waals surface area contributed by atoms with Crippen molar-refractivity contribution in [3.8, 4) is 6.01 Å². The molecule has 0 aliphatic carbocycles. The maximum absolute atomic E-state index is 5.86. The Morgan fingerprint density at radius 1 is 1.35 bits per heavy atom. The fourth-order valence-corrected chi connectivity index (χ4v) is 2.83. The highest BCUT2D eigenvalue weighted by Crippen LogP contribution is 2.26. The summed E-state index contributed by atoms with van der Waals surface area (Å²) >= 11 is 0. The molecule has 6 nitrogen and oxygen atoms in total. The normalized spacial score (nSPS) is 18.7. The van der Waals surface area contributed by atoms with Crippen molar-refractivity contribution in [2.45, 2.75) is 52.4 Å². The first kappa shape index (κ1) is 16.2. The highest BCUT2D eigenvalue weighted by Gasteiger charge is 2.16. The van der Waals surface area contributed by atoms with Gasteiger partial charge >= 0.3 is 0 Å². The molecule has 0 amide bonds. The van der Waals surface area contributed by atoms with Gasteiger partial charge in [-0.05, 0) is 46.1 Å². The zero-order valence-electron chi connectivity index (χ0n) is 14.1. The molecule has 1 saturated heterocycles. The molecule has 2 aromatic heterocycles. The Labute approximate surface area is 136 Å². The summed E-state index contributed by atoms with van der Waals surface area (Å²) in [5.74, 6) is 0. The van der Waals surface area contributed by atoms with Crippen LogP contribution in [0.15, 0.2) is 12.3 Å². The van der Waals surface area contributed by atoms with E-state index in [2.05, 4.69) is 28.4 Å². The Balaban J connectivity index is 1.63. The van der Waals surface area contributed by atoms with Crippen molar-refractivity contribution in [1.82, 2.24) is 14.5 Å². The summed E-state index contributed by atoms with van der Waals surface area (Å²) in [6, 6.07) is 2.93. The van der Waals surface area contributed by atoms with Crippen LogP contribution in [0.5, 0.6) is 6.01 Å². The van der Waals surface area contributed by atoms with E-state index in [9.17, 15) is 0 Å². The number of aromatic nitrogens is 3. The molecule has 1 fully saturated rings. The highest BCUT2D eigenvalue weighted by molar-refractivity contribution is 5.76. The van der Waals surface area contributed by atoms with Gasteiger partial charge in [0.15, 0.2) is 6.29 Å². The number of aryl methyl sites for hydroxylation is 1. The van der Waals surface area contributed by atoms with Crippen molar-refractivity contribution in [2.75, 3.05) is 19.8 Å². The molecule has 2 aromatic rings. The maximum atomic E-state index is 5.86. The first-order chi connectivity index (χ1) is 11.1. The lowest BCUT2D eigenvalue weighted by Gasteiger charge is -2.22. The summed E-state index contributed by atoms with van der Waals surface area (Å²) in [5, 5.41) is 0. The van der Waals surface area contributed by atoms with Crippen LogP contribution in [-0.4, -0.2) is 40.6 Å². The molecule has 1 aliphatic heterocycles. The first-order valence-electron chi connectivity index (χ1n) is 8.35. The van der Waals surface area contributed by atoms with Gasteiger partial charge in [-0.15, -0.1) is 0 Å². The third kappa shape index (κ3) is 3.82. The fraction of sp³-hybridized carbons (Fsp3) is 0.647. The number of fused-ring (bicyclic) bond motifs is 1. The molecule has 3 rings (SSSR count). The Kier molecular flexibility index (Phi) is 5.13. The zero-order chi connectivity index (χ0) is 16.2. The number of nitrogens with zero attached hydrogens (tertiary/aromatic N) is 3. The zero-order valence-corrected chi connectivity index (χ0v) is 14.1. The summed E-state index contributed by atoms with van der Waals surface area (Å²) in [4.78, 5) is 8.86. The Morgan fingerprint density at radius 3 is 2.96 bits per heavy atom. The van der Waals surface area contributed by atoms with E-state index in [0.29, 0.717) is 19.2 Å². The van der Waals surface area contributed by atoms with Crippen molar-refractivity contribution in [3.63, 3.8) is 0 Å². The van der Waals surface area contributed by atoms with Crippen LogP contribution in [0.4, 0.5) is 0 Å². The highest BCUT2D eigenvalue weighted by atomic mass is 16.7. The molecule has 6 heteroatoms. The van der Waals surface area contributed by atoms with Gasteiger partial charge in [-0.2, -0.15) is 4.98 Å². The number of hydrogen-bond donors (Lipinski definition) is 0. The maximum Gasteiger partial charge on any atom is 0.297 e. The third-order valence-corrected chi connectivity index (χ3v) is 3.95. The first-order valence-corrected chi connectivity index (χ1v) is 8.35. The topological polar surface area (TPSA) is 58.4 Å². The van der Waals surface area contributed by atoms with Gasteiger partial charge in [0.1, 0.15) is 12.1 Å². The number of hydrogen-bond acceptors (Lipinski definition) is 5. The third-order valence-electron chi connectivity index (χ3n) is 3.95. The minimum absolute atomic E-state index is 0.0804. The van der Waals surface area contributed by atoms with Crippen LogP contribution >= 0.6 is 0 Å². The van der Waals surface area contributed by atoms with E-state index in [1.165, 1.54) is 6.42 Å². The van der Waals surface area contributed by atoms with Crippen molar-refractivity contribution in [2.24, 2.45) is 0 Å². The smallest absolute Gasteiger partial charge is 0.297 e. The van der Waals surface area contributed by atoms with E-state index in [0.717, 1.165) is 36.2 Å². The van der Waals surface area contributed by atoms with Crippen molar-refractivity contribution < 1.29 is 14.2 Å². The lowest BCUT2D eigenvalue weighted by atomic mass is 10.2. The molecule has 0 aromatic carbocycles. The van der Waals surface area contributed by atoms with E-state index < -0.39 is 0 Å². The SMILES string of the molecule is Cc1cc2c(cn1)nc(OCCOC1CCCCO1)n2C(C)C. The summed E-state index contributed by atoms with van der Waals surface area (Å²) in [5.41, 5.74) is 2.89. The van der Waals surface area contributed by atoms with E-state index in [4.69, 9.17) is 14.2 Å². The van der Waals surface area contributed by atoms with Crippen molar-refractivity contribution >= 4 is 11.0 Å². The van der Waals surface area contributed by atoms with Crippen molar-refractivity contribution in [1.29, 1.82) is 0 Å². The lowest BCUT2D eigenvalue weighted by Crippen LogP contribution is -2.24. The van der Waals surface area contributed by atoms with Crippen LogP contribution in [0.25, 0.3) is 11.0 Å². The molecule has 0 N–H and O–H groups in total. The summed E-state index contributed by atoms with van der Waals surface area (Å²) in [6.45, 7) is 7.98. The van der Waals surface area contributed by atoms with Crippen LogP contribution in [0.2, 0.25) is 0 Å². The number of pyridine rings is 1. The van der Waals surface area contributed by atoms with Crippen molar-refractivity contribution in [3.05, 3.63) is 18.0 Å². The van der Waals surface area contributed by atoms with Gasteiger partial charge in [0, 0.05) is 18.3 Å². The Morgan fingerprint density at radius 2 is 2.22 bits per heavy atom. The largest absolute Gasteiger partial charge is 0.462 e. The molecular weight excluding hydrogens is 294 g/mol. The van der Waals surface area contributed by atoms with Gasteiger partial charge in [0.05, 0.1) is 18.3 Å². The molecule has 1 unspecified atom stereocenters. The second kappa shape index (κ2) is 7.27. The second-order valence-electron chi connectivity index (χ2n) is 6.19. The minimum atomic E-state index is -0.0804. The van der Waals surface area contributed by atoms with E-state index in [-0.39, 0.29) is 12.3 Å². The van der Waals surface area contributed by atoms with E-state index in [1.807, 2.05) is 13.0 Å². The standard InChI is InChI=1S/C17H25N3O3/c1-12(2)20-15-10-13(3)18-11-14(15)19-17(20)23-9-8-22-16-6-4-5-7-21-16/h10-12,16H,4-9H2,1-3H3. The van der Waals surface area contributed by atoms with Gasteiger partial charge in [-0.3, -0.25) is 9.55 Å². The van der Waals surface area contributed by atoms with Crippen LogP contribution in [0.3, 0.4) is 0 Å². The van der Waals surface area contributed by atoms with Gasteiger partial charge in [0.25, 0.3) is 6.01 Å². The number of imidazole rings is 1. The van der Waals surface area contributed by atoms with Crippen LogP contribution in [-0.2, 0) is 9.47 Å². The Bertz CT molecular complexity index is 648. The molecule has 0 radical (unpaired) electrons. The fourth-order valence-electron chi connectivity index (χ4n) is 2.83. The van der Waals surface area contributed by atoms with E-state index in [1.54, 1.807) is 6.20 Å². The lowest BCUT2D eigenvalue weighted by molar-refractivity contribution is -0.165. The molecule has 1 atom stereocenters. The second-order valence-corrected chi connectivity index (χ2v) is 6.19. The van der Waals surface area contributed by atoms with Gasteiger partial charge < -0.3 is 14.2 Å². The molecule has 0 saturated carbocycles. The average molecular weight is 319 g/mol. The average Bonchev–Trinajstić information content (AvgIpc) is 2.90. The quantitative estimate of drug-likeness (QED) is 0.765. The summed E-state index contributed by atoms with van der Waals surface area (Å²) in [6.07, 6.45) is 4.98. The van der Waals surface area contributed by atoms with Gasteiger partial charge in [-0.1, -0.05) is 0 Å². The predicted octanol–water partition coefficient (Wildman–Crippen LogP) is 3.24. The molecule has 0 bridgehead atoms. The van der Waals surface area contributed by atoms with Crippen LogP contribution in [0.1, 0.15) is 44.8 Å². The molecule has 23 heavy (non-hydrogen) atoms. The summed E-state index contributed by atoms with van der Waals surface area (Å²) in [7, 11) is 0. The monoisotopic (exact) mass is 319 g/mol. The molecule has 1 aliphatic rings. The summed E-state index contributed by atoms with van der Waals surface area (Å²) < 4.78 is 19.2. The van der Waals surface area contributed by atoms with Gasteiger partial charge in [0.2, 0.25) is 0 Å². The van der Waals surface area contributed by atoms with Crippen LogP contribution < -0.4 is 4.74 Å². The van der Waals surface area contributed by atoms with Gasteiger partial charge in [-0.25, -0.2) is 0 Å². The molecular formula is C17H25N3O3. The van der Waals surface area contributed by atoms with E-state index >= 15 is 0 Å². The Hall–Kier alpha value is -1.66. The molecule has 126 valence electrons.